The molecule has 1 atom stereocenters. The lowest BCUT2D eigenvalue weighted by Gasteiger charge is -2.17. The lowest BCUT2D eigenvalue weighted by molar-refractivity contribution is -0.134. The summed E-state index contributed by atoms with van der Waals surface area (Å²) >= 11 is 0. The van der Waals surface area contributed by atoms with Gasteiger partial charge in [-0.3, -0.25) is 9.59 Å². The third-order valence-corrected chi connectivity index (χ3v) is 5.03. The molecule has 0 saturated carbocycles. The number of benzene rings is 1. The first-order chi connectivity index (χ1) is 14.0. The fourth-order valence-corrected chi connectivity index (χ4v) is 3.66. The highest BCUT2D eigenvalue weighted by Gasteiger charge is 2.17. The van der Waals surface area contributed by atoms with Crippen molar-refractivity contribution in [3.05, 3.63) is 41.6 Å². The summed E-state index contributed by atoms with van der Waals surface area (Å²) in [5, 5.41) is 21.4. The summed E-state index contributed by atoms with van der Waals surface area (Å²) in [5.41, 5.74) is 3.17. The second-order valence-electron chi connectivity index (χ2n) is 7.53. The van der Waals surface area contributed by atoms with Gasteiger partial charge in [0.25, 0.3) is 5.97 Å². The largest absolute Gasteiger partial charge is 0.481 e. The van der Waals surface area contributed by atoms with Gasteiger partial charge in [-0.05, 0) is 49.4 Å². The summed E-state index contributed by atoms with van der Waals surface area (Å²) in [7, 11) is 0. The number of carboxylic acid groups (broad SMARTS) is 1. The van der Waals surface area contributed by atoms with E-state index in [9.17, 15) is 4.79 Å². The normalized spacial score (nSPS) is 17.5. The van der Waals surface area contributed by atoms with Gasteiger partial charge >= 0.3 is 0 Å². The molecule has 4 rings (SSSR count). The summed E-state index contributed by atoms with van der Waals surface area (Å²) < 4.78 is 1.91. The summed E-state index contributed by atoms with van der Waals surface area (Å²) in [6, 6.07) is 8.46. The molecule has 156 valence electrons. The molecule has 0 spiro atoms. The van der Waals surface area contributed by atoms with Gasteiger partial charge < -0.3 is 21.1 Å². The third-order valence-electron chi connectivity index (χ3n) is 5.03. The summed E-state index contributed by atoms with van der Waals surface area (Å²) in [6.45, 7) is 5.16. The summed E-state index contributed by atoms with van der Waals surface area (Å²) in [5.74, 6) is 0.825. The first kappa shape index (κ1) is 20.9. The van der Waals surface area contributed by atoms with Gasteiger partial charge in [0.2, 0.25) is 5.91 Å². The number of fused-ring (bicyclic) bond motifs is 1. The Balaban J connectivity index is 0.000000552. The minimum atomic E-state index is -0.833. The number of carbonyl (C=O) groups is 2. The molecule has 1 amide bonds. The van der Waals surface area contributed by atoms with Gasteiger partial charge in [-0.15, -0.1) is 0 Å². The van der Waals surface area contributed by atoms with E-state index in [0.717, 1.165) is 68.9 Å². The molecule has 2 aliphatic heterocycles. The molecule has 1 fully saturated rings. The molecule has 1 saturated heterocycles. The van der Waals surface area contributed by atoms with Crippen molar-refractivity contribution in [1.29, 1.82) is 0 Å². The van der Waals surface area contributed by atoms with Crippen molar-refractivity contribution in [3.63, 3.8) is 0 Å². The molecule has 2 aromatic rings. The van der Waals surface area contributed by atoms with Gasteiger partial charge in [0.05, 0.1) is 12.6 Å². The fraction of sp³-hybridized carbons (Fsp3) is 0.476. The maximum Gasteiger partial charge on any atom is 0.300 e. The Morgan fingerprint density at radius 1 is 1.24 bits per heavy atom. The molecule has 2 aliphatic rings. The molecule has 29 heavy (non-hydrogen) atoms. The van der Waals surface area contributed by atoms with Crippen LogP contribution in [0.25, 0.3) is 0 Å². The topological polar surface area (TPSA) is 108 Å². The Hall–Kier alpha value is -2.87. The van der Waals surface area contributed by atoms with Crippen LogP contribution in [0.5, 0.6) is 0 Å². The molecule has 1 unspecified atom stereocenters. The van der Waals surface area contributed by atoms with E-state index in [2.05, 4.69) is 45.3 Å². The van der Waals surface area contributed by atoms with E-state index in [1.54, 1.807) is 6.20 Å². The van der Waals surface area contributed by atoms with Crippen LogP contribution in [0, 0.1) is 5.92 Å². The van der Waals surface area contributed by atoms with E-state index in [1.165, 1.54) is 12.0 Å². The Morgan fingerprint density at radius 3 is 2.66 bits per heavy atom. The van der Waals surface area contributed by atoms with Crippen LogP contribution in [0.3, 0.4) is 0 Å². The smallest absolute Gasteiger partial charge is 0.300 e. The average molecular weight is 399 g/mol. The molecule has 8 nitrogen and oxygen atoms in total. The lowest BCUT2D eigenvalue weighted by Crippen LogP contribution is -2.20. The van der Waals surface area contributed by atoms with Crippen molar-refractivity contribution in [1.82, 2.24) is 15.1 Å². The molecule has 3 heterocycles. The molecule has 0 radical (unpaired) electrons. The number of carboxylic acids is 1. The van der Waals surface area contributed by atoms with Crippen LogP contribution in [-0.2, 0) is 29.0 Å². The number of hydrogen-bond acceptors (Lipinski definition) is 5. The van der Waals surface area contributed by atoms with Crippen LogP contribution in [0.2, 0.25) is 0 Å². The number of aromatic nitrogens is 2. The van der Waals surface area contributed by atoms with Gasteiger partial charge in [-0.2, -0.15) is 5.10 Å². The highest BCUT2D eigenvalue weighted by Crippen LogP contribution is 2.24. The van der Waals surface area contributed by atoms with Crippen molar-refractivity contribution in [3.8, 4) is 0 Å². The number of nitrogens with one attached hydrogen (secondary N) is 3. The van der Waals surface area contributed by atoms with Crippen molar-refractivity contribution in [2.75, 3.05) is 30.3 Å². The molecule has 0 bridgehead atoms. The molecule has 0 aliphatic carbocycles. The first-order valence-corrected chi connectivity index (χ1v) is 10.1. The molecule has 1 aromatic heterocycles. The summed E-state index contributed by atoms with van der Waals surface area (Å²) in [4.78, 5) is 21.3. The van der Waals surface area contributed by atoms with Gasteiger partial charge in [0.1, 0.15) is 11.5 Å². The number of anilines is 2. The van der Waals surface area contributed by atoms with Crippen LogP contribution in [0.4, 0.5) is 11.5 Å². The van der Waals surface area contributed by atoms with Gasteiger partial charge in [-0.1, -0.05) is 24.3 Å². The van der Waals surface area contributed by atoms with Crippen LogP contribution in [-0.4, -0.2) is 46.4 Å². The molecular weight excluding hydrogens is 370 g/mol. The third kappa shape index (κ3) is 6.32. The predicted octanol–water partition coefficient (Wildman–Crippen LogP) is 2.12. The first-order valence-electron chi connectivity index (χ1n) is 10.1. The van der Waals surface area contributed by atoms with Crippen molar-refractivity contribution in [2.45, 2.75) is 39.2 Å². The number of nitrogens with zero attached hydrogens (tertiary/aromatic N) is 2. The molecule has 1 aromatic carbocycles. The van der Waals surface area contributed by atoms with E-state index >= 15 is 0 Å². The number of rotatable bonds is 5. The molecule has 4 N–H and O–H groups in total. The van der Waals surface area contributed by atoms with Gasteiger partial charge in [0, 0.05) is 20.0 Å². The monoisotopic (exact) mass is 399 g/mol. The van der Waals surface area contributed by atoms with Crippen molar-refractivity contribution in [2.24, 2.45) is 5.92 Å². The number of carbonyl (C=O) groups excluding carboxylic acids is 1. The minimum Gasteiger partial charge on any atom is -0.481 e. The van der Waals surface area contributed by atoms with Crippen LogP contribution in [0.1, 0.15) is 30.9 Å². The predicted molar refractivity (Wildman–Crippen MR) is 112 cm³/mol. The lowest BCUT2D eigenvalue weighted by atomic mass is 9.97. The van der Waals surface area contributed by atoms with Crippen LogP contribution in [0.15, 0.2) is 30.5 Å². The number of amides is 1. The molecule has 8 heteroatoms. The second kappa shape index (κ2) is 10.1. The SMILES string of the molecule is CC(=O)O.O=C(Cc1ccc(CC2CCNC2)cc1)Nc1cnn2c1NCCC2. The van der Waals surface area contributed by atoms with E-state index < -0.39 is 5.97 Å². The van der Waals surface area contributed by atoms with Gasteiger partial charge in [-0.25, -0.2) is 4.68 Å². The quantitative estimate of drug-likeness (QED) is 0.613. The zero-order valence-electron chi connectivity index (χ0n) is 16.8. The standard InChI is InChI=1S/C19H25N5O.C2H4O2/c25-18(23-17-13-22-24-9-1-7-21-19(17)24)11-15-4-2-14(3-5-15)10-16-6-8-20-12-16;1-2(3)4/h2-5,13,16,20-21H,1,6-12H2,(H,23,25);1H3,(H,3,4). The zero-order chi connectivity index (χ0) is 20.6. The second-order valence-corrected chi connectivity index (χ2v) is 7.53. The average Bonchev–Trinajstić information content (AvgIpc) is 3.33. The van der Waals surface area contributed by atoms with Crippen LogP contribution < -0.4 is 16.0 Å². The summed E-state index contributed by atoms with van der Waals surface area (Å²) in [6.07, 6.45) is 5.55. The Kier molecular flexibility index (Phi) is 7.24. The van der Waals surface area contributed by atoms with Crippen molar-refractivity contribution >= 4 is 23.4 Å². The van der Waals surface area contributed by atoms with Crippen molar-refractivity contribution < 1.29 is 14.7 Å². The Bertz CT molecular complexity index is 821. The number of aliphatic carboxylic acids is 1. The maximum atomic E-state index is 12.3. The minimum absolute atomic E-state index is 0.00378. The van der Waals surface area contributed by atoms with E-state index in [4.69, 9.17) is 9.90 Å². The van der Waals surface area contributed by atoms with E-state index in [0.29, 0.717) is 6.42 Å². The Labute approximate surface area is 170 Å². The van der Waals surface area contributed by atoms with Gasteiger partial charge in [0.15, 0.2) is 0 Å². The van der Waals surface area contributed by atoms with Crippen LogP contribution >= 0.6 is 0 Å². The number of aryl methyl sites for hydroxylation is 1. The van der Waals surface area contributed by atoms with E-state index in [-0.39, 0.29) is 5.91 Å². The number of hydrogen-bond donors (Lipinski definition) is 4. The fourth-order valence-electron chi connectivity index (χ4n) is 3.66. The molecular formula is C21H29N5O3. The highest BCUT2D eigenvalue weighted by atomic mass is 16.4. The Morgan fingerprint density at radius 2 is 1.97 bits per heavy atom. The maximum absolute atomic E-state index is 12.3. The highest BCUT2D eigenvalue weighted by molar-refractivity contribution is 5.94. The zero-order valence-corrected chi connectivity index (χ0v) is 16.8. The van der Waals surface area contributed by atoms with E-state index in [1.807, 2.05) is 4.68 Å².